The molecule has 0 bridgehead atoms. The number of hydrogen-bond donors (Lipinski definition) is 1. The van der Waals surface area contributed by atoms with Gasteiger partial charge in [0.05, 0.1) is 27.6 Å². The van der Waals surface area contributed by atoms with Crippen LogP contribution < -0.4 is 4.74 Å². The fourth-order valence-corrected chi connectivity index (χ4v) is 2.77. The van der Waals surface area contributed by atoms with Gasteiger partial charge in [0.2, 0.25) is 0 Å². The molecule has 6 heteroatoms. The van der Waals surface area contributed by atoms with Crippen molar-refractivity contribution in [1.29, 1.82) is 0 Å². The maximum absolute atomic E-state index is 8.50. The summed E-state index contributed by atoms with van der Waals surface area (Å²) in [5.74, 6) is 0.665. The van der Waals surface area contributed by atoms with Gasteiger partial charge in [-0.1, -0.05) is 16.8 Å². The average Bonchev–Trinajstić information content (AvgIpc) is 2.29. The Morgan fingerprint density at radius 2 is 2.29 bits per heavy atom. The summed E-state index contributed by atoms with van der Waals surface area (Å²) in [5.41, 5.74) is 1.19. The van der Waals surface area contributed by atoms with E-state index in [0.717, 1.165) is 8.96 Å². The van der Waals surface area contributed by atoms with Gasteiger partial charge >= 0.3 is 0 Å². The van der Waals surface area contributed by atoms with Crippen LogP contribution in [0, 0.1) is 3.57 Å². The number of aromatic nitrogens is 1. The van der Waals surface area contributed by atoms with E-state index in [1.54, 1.807) is 13.2 Å². The van der Waals surface area contributed by atoms with Crippen molar-refractivity contribution < 1.29 is 9.94 Å². The molecule has 1 aromatic heterocycles. The molecule has 17 heavy (non-hydrogen) atoms. The number of nitrogens with zero attached hydrogens (tertiary/aromatic N) is 2. The van der Waals surface area contributed by atoms with E-state index in [0.29, 0.717) is 22.0 Å². The largest absolute Gasteiger partial charge is 0.493 e. The lowest BCUT2D eigenvalue weighted by Gasteiger charge is -2.09. The van der Waals surface area contributed by atoms with Crippen molar-refractivity contribution in [2.24, 2.45) is 5.16 Å². The predicted octanol–water partition coefficient (Wildman–Crippen LogP) is 3.31. The zero-order valence-corrected chi connectivity index (χ0v) is 11.7. The van der Waals surface area contributed by atoms with Crippen LogP contribution in [-0.2, 0) is 0 Å². The second-order valence-corrected chi connectivity index (χ2v) is 4.82. The van der Waals surface area contributed by atoms with Crippen molar-refractivity contribution in [1.82, 2.24) is 4.98 Å². The summed E-state index contributed by atoms with van der Waals surface area (Å²) in [5, 5.41) is 12.9. The van der Waals surface area contributed by atoms with Gasteiger partial charge in [-0.15, -0.1) is 0 Å². The second kappa shape index (κ2) is 5.05. The van der Waals surface area contributed by atoms with Crippen molar-refractivity contribution in [2.45, 2.75) is 0 Å². The van der Waals surface area contributed by atoms with Crippen molar-refractivity contribution in [3.8, 4) is 5.75 Å². The summed E-state index contributed by atoms with van der Waals surface area (Å²) >= 11 is 8.27. The van der Waals surface area contributed by atoms with Crippen LogP contribution in [0.2, 0.25) is 5.02 Å². The van der Waals surface area contributed by atoms with Gasteiger partial charge in [-0.25, -0.2) is 4.98 Å². The highest BCUT2D eigenvalue weighted by Gasteiger charge is 2.11. The third-order valence-corrected chi connectivity index (χ3v) is 3.37. The van der Waals surface area contributed by atoms with Crippen LogP contribution in [0.1, 0.15) is 5.69 Å². The number of rotatable bonds is 2. The summed E-state index contributed by atoms with van der Waals surface area (Å²) in [6.07, 6.45) is 1.26. The van der Waals surface area contributed by atoms with Crippen molar-refractivity contribution in [2.75, 3.05) is 7.11 Å². The number of oxime groups is 1. The zero-order valence-electron chi connectivity index (χ0n) is 8.82. The highest BCUT2D eigenvalue weighted by atomic mass is 127. The Bertz CT molecular complexity index is 602. The Morgan fingerprint density at radius 3 is 2.94 bits per heavy atom. The van der Waals surface area contributed by atoms with E-state index < -0.39 is 0 Å². The quantitative estimate of drug-likeness (QED) is 0.386. The van der Waals surface area contributed by atoms with Gasteiger partial charge in [0.1, 0.15) is 5.52 Å². The lowest BCUT2D eigenvalue weighted by molar-refractivity contribution is 0.321. The molecule has 0 saturated carbocycles. The summed E-state index contributed by atoms with van der Waals surface area (Å²) in [6, 6.07) is 5.37. The van der Waals surface area contributed by atoms with Crippen molar-refractivity contribution in [3.05, 3.63) is 32.5 Å². The number of methoxy groups -OCH3 is 1. The first-order valence-electron chi connectivity index (χ1n) is 4.67. The molecule has 0 radical (unpaired) electrons. The molecule has 1 N–H and O–H groups in total. The minimum absolute atomic E-state index is 0.538. The molecule has 88 valence electrons. The molecular formula is C11H8ClIN2O2. The Hall–Kier alpha value is -1.08. The van der Waals surface area contributed by atoms with E-state index in [1.807, 2.05) is 12.1 Å². The fourth-order valence-electron chi connectivity index (χ4n) is 1.53. The Labute approximate surface area is 116 Å². The lowest BCUT2D eigenvalue weighted by atomic mass is 10.2. The first kappa shape index (κ1) is 12.4. The van der Waals surface area contributed by atoms with E-state index in [2.05, 4.69) is 32.7 Å². The second-order valence-electron chi connectivity index (χ2n) is 3.25. The maximum atomic E-state index is 8.50. The molecule has 0 atom stereocenters. The minimum Gasteiger partial charge on any atom is -0.493 e. The van der Waals surface area contributed by atoms with Crippen LogP contribution in [0.25, 0.3) is 10.9 Å². The molecule has 0 aliphatic rings. The van der Waals surface area contributed by atoms with Gasteiger partial charge < -0.3 is 9.94 Å². The monoisotopic (exact) mass is 362 g/mol. The topological polar surface area (TPSA) is 54.7 Å². The summed E-state index contributed by atoms with van der Waals surface area (Å²) in [4.78, 5) is 4.33. The number of hydrogen-bond acceptors (Lipinski definition) is 4. The maximum Gasteiger partial charge on any atom is 0.158 e. The molecule has 0 unspecified atom stereocenters. The van der Waals surface area contributed by atoms with E-state index in [4.69, 9.17) is 21.5 Å². The van der Waals surface area contributed by atoms with E-state index in [-0.39, 0.29) is 0 Å². The first-order chi connectivity index (χ1) is 8.17. The minimum atomic E-state index is 0.538. The van der Waals surface area contributed by atoms with Crippen molar-refractivity contribution >= 4 is 51.3 Å². The van der Waals surface area contributed by atoms with Crippen LogP contribution in [0.3, 0.4) is 0 Å². The van der Waals surface area contributed by atoms with Gasteiger partial charge in [-0.3, -0.25) is 0 Å². The number of pyridine rings is 1. The highest BCUT2D eigenvalue weighted by Crippen LogP contribution is 2.34. The summed E-state index contributed by atoms with van der Waals surface area (Å²) in [7, 11) is 1.58. The molecular weight excluding hydrogens is 354 g/mol. The van der Waals surface area contributed by atoms with Gasteiger partial charge in [0, 0.05) is 5.39 Å². The molecule has 1 heterocycles. The lowest BCUT2D eigenvalue weighted by Crippen LogP contribution is -1.95. The predicted molar refractivity (Wildman–Crippen MR) is 75.4 cm³/mol. The standard InChI is InChI=1S/C11H8ClIN2O2/c1-17-11-9(13)4-8(12)7-3-2-6(5-14-16)15-10(7)11/h2-5,16H,1H3/b14-5+. The summed E-state index contributed by atoms with van der Waals surface area (Å²) in [6.45, 7) is 0. The van der Waals surface area contributed by atoms with Crippen LogP contribution in [-0.4, -0.2) is 23.5 Å². The normalized spacial score (nSPS) is 11.2. The van der Waals surface area contributed by atoms with Crippen LogP contribution in [0.4, 0.5) is 0 Å². The van der Waals surface area contributed by atoms with E-state index in [1.165, 1.54) is 6.21 Å². The molecule has 1 aromatic carbocycles. The molecule has 0 saturated heterocycles. The Morgan fingerprint density at radius 1 is 1.53 bits per heavy atom. The van der Waals surface area contributed by atoms with Gasteiger partial charge in [-0.2, -0.15) is 0 Å². The molecule has 0 aliphatic carbocycles. The molecule has 0 fully saturated rings. The molecule has 2 aromatic rings. The fraction of sp³-hybridized carbons (Fsp3) is 0.0909. The number of fused-ring (bicyclic) bond motifs is 1. The third kappa shape index (κ3) is 2.30. The zero-order chi connectivity index (χ0) is 12.4. The molecule has 0 spiro atoms. The van der Waals surface area contributed by atoms with E-state index >= 15 is 0 Å². The smallest absolute Gasteiger partial charge is 0.158 e. The van der Waals surface area contributed by atoms with Gasteiger partial charge in [0.15, 0.2) is 5.75 Å². The number of halogens is 2. The van der Waals surface area contributed by atoms with Crippen molar-refractivity contribution in [3.63, 3.8) is 0 Å². The average molecular weight is 363 g/mol. The van der Waals surface area contributed by atoms with E-state index in [9.17, 15) is 0 Å². The number of ether oxygens (including phenoxy) is 1. The highest BCUT2D eigenvalue weighted by molar-refractivity contribution is 14.1. The Kier molecular flexibility index (Phi) is 3.68. The van der Waals surface area contributed by atoms with Gasteiger partial charge in [0.25, 0.3) is 0 Å². The summed E-state index contributed by atoms with van der Waals surface area (Å²) < 4.78 is 6.19. The van der Waals surface area contributed by atoms with Crippen LogP contribution >= 0.6 is 34.2 Å². The third-order valence-electron chi connectivity index (χ3n) is 2.25. The molecule has 0 aliphatic heterocycles. The SMILES string of the molecule is COc1c(I)cc(Cl)c2ccc(/C=N/O)nc12. The van der Waals surface area contributed by atoms with Crippen LogP contribution in [0.5, 0.6) is 5.75 Å². The van der Waals surface area contributed by atoms with Gasteiger partial charge in [-0.05, 0) is 40.8 Å². The molecule has 2 rings (SSSR count). The molecule has 4 nitrogen and oxygen atoms in total. The Balaban J connectivity index is 2.81. The number of benzene rings is 1. The molecule has 0 amide bonds. The van der Waals surface area contributed by atoms with Crippen LogP contribution in [0.15, 0.2) is 23.4 Å². The first-order valence-corrected chi connectivity index (χ1v) is 6.13.